The Morgan fingerprint density at radius 1 is 1.41 bits per heavy atom. The third-order valence-corrected chi connectivity index (χ3v) is 4.34. The van der Waals surface area contributed by atoms with Gasteiger partial charge in [-0.25, -0.2) is 0 Å². The summed E-state index contributed by atoms with van der Waals surface area (Å²) in [5.74, 6) is 2.11. The van der Waals surface area contributed by atoms with Crippen LogP contribution in [0.2, 0.25) is 0 Å². The van der Waals surface area contributed by atoms with E-state index in [4.69, 9.17) is 0 Å². The van der Waals surface area contributed by atoms with Crippen molar-refractivity contribution in [2.45, 2.75) is 52.1 Å². The van der Waals surface area contributed by atoms with E-state index in [2.05, 4.69) is 37.2 Å². The Morgan fingerprint density at radius 2 is 2.18 bits per heavy atom. The van der Waals surface area contributed by atoms with Crippen molar-refractivity contribution in [2.24, 2.45) is 5.92 Å². The van der Waals surface area contributed by atoms with E-state index >= 15 is 0 Å². The molecule has 1 rings (SSSR count). The number of nitrogens with zero attached hydrogens (tertiary/aromatic N) is 1. The fourth-order valence-corrected chi connectivity index (χ4v) is 3.08. The number of hydrogen-bond donors (Lipinski definition) is 1. The quantitative estimate of drug-likeness (QED) is 0.707. The Kier molecular flexibility index (Phi) is 7.56. The highest BCUT2D eigenvalue weighted by Gasteiger charge is 2.26. The van der Waals surface area contributed by atoms with Gasteiger partial charge >= 0.3 is 0 Å². The van der Waals surface area contributed by atoms with Crippen LogP contribution in [0.1, 0.15) is 40.0 Å². The average molecular weight is 258 g/mol. The zero-order valence-corrected chi connectivity index (χ0v) is 12.9. The molecule has 0 aromatic heterocycles. The Labute approximate surface area is 112 Å². The molecule has 17 heavy (non-hydrogen) atoms. The van der Waals surface area contributed by atoms with Gasteiger partial charge in [0.25, 0.3) is 0 Å². The Bertz CT molecular complexity index is 197. The van der Waals surface area contributed by atoms with Gasteiger partial charge in [0.2, 0.25) is 0 Å². The van der Waals surface area contributed by atoms with Crippen LogP contribution in [0, 0.1) is 5.92 Å². The van der Waals surface area contributed by atoms with Gasteiger partial charge in [0, 0.05) is 25.2 Å². The lowest BCUT2D eigenvalue weighted by molar-refractivity contribution is 0.113. The van der Waals surface area contributed by atoms with E-state index in [1.165, 1.54) is 44.6 Å². The van der Waals surface area contributed by atoms with Gasteiger partial charge < -0.3 is 5.32 Å². The number of rotatable bonds is 7. The first kappa shape index (κ1) is 15.3. The molecule has 0 aromatic carbocycles. The number of thioether (sulfide) groups is 1. The summed E-state index contributed by atoms with van der Waals surface area (Å²) in [5.41, 5.74) is 0. The van der Waals surface area contributed by atoms with Crippen LogP contribution in [0.15, 0.2) is 0 Å². The van der Waals surface area contributed by atoms with Crippen molar-refractivity contribution in [1.82, 2.24) is 10.2 Å². The van der Waals surface area contributed by atoms with Crippen LogP contribution in [0.3, 0.4) is 0 Å². The van der Waals surface area contributed by atoms with E-state index in [9.17, 15) is 0 Å². The van der Waals surface area contributed by atoms with Crippen molar-refractivity contribution in [2.75, 3.05) is 31.6 Å². The van der Waals surface area contributed by atoms with Crippen molar-refractivity contribution in [1.29, 1.82) is 0 Å². The molecule has 0 radical (unpaired) electrons. The van der Waals surface area contributed by atoms with Crippen molar-refractivity contribution < 1.29 is 0 Å². The molecule has 102 valence electrons. The van der Waals surface area contributed by atoms with E-state index in [0.29, 0.717) is 6.04 Å². The molecule has 0 aliphatic carbocycles. The molecule has 2 unspecified atom stereocenters. The largest absolute Gasteiger partial charge is 0.311 e. The minimum atomic E-state index is 0.715. The van der Waals surface area contributed by atoms with E-state index in [-0.39, 0.29) is 0 Å². The lowest BCUT2D eigenvalue weighted by atomic mass is 9.98. The maximum Gasteiger partial charge on any atom is 0.0223 e. The van der Waals surface area contributed by atoms with Crippen LogP contribution in [-0.4, -0.2) is 48.6 Å². The molecule has 3 heteroatoms. The summed E-state index contributed by atoms with van der Waals surface area (Å²) in [6, 6.07) is 1.48. The predicted molar refractivity (Wildman–Crippen MR) is 79.9 cm³/mol. The van der Waals surface area contributed by atoms with Crippen molar-refractivity contribution >= 4 is 11.8 Å². The first-order valence-electron chi connectivity index (χ1n) is 7.13. The topological polar surface area (TPSA) is 15.3 Å². The van der Waals surface area contributed by atoms with Gasteiger partial charge in [0.1, 0.15) is 0 Å². The van der Waals surface area contributed by atoms with Crippen LogP contribution >= 0.6 is 11.8 Å². The molecule has 1 fully saturated rings. The summed E-state index contributed by atoms with van der Waals surface area (Å²) >= 11 is 1.97. The molecule has 0 amide bonds. The standard InChI is InChI=1S/C14H30N2S/c1-5-13-11-16(7-6-8-17-4)14(10-15-13)9-12(2)3/h12-15H,5-11H2,1-4H3. The highest BCUT2D eigenvalue weighted by Crippen LogP contribution is 2.17. The Hall–Kier alpha value is 0.270. The van der Waals surface area contributed by atoms with Crippen LogP contribution in [0.25, 0.3) is 0 Å². The van der Waals surface area contributed by atoms with Crippen LogP contribution in [0.4, 0.5) is 0 Å². The highest BCUT2D eigenvalue weighted by atomic mass is 32.2. The van der Waals surface area contributed by atoms with Crippen LogP contribution in [0.5, 0.6) is 0 Å². The predicted octanol–water partition coefficient (Wildman–Crippen LogP) is 2.84. The second-order valence-corrected chi connectivity index (χ2v) is 6.62. The van der Waals surface area contributed by atoms with Crippen molar-refractivity contribution in [3.05, 3.63) is 0 Å². The summed E-state index contributed by atoms with van der Waals surface area (Å²) in [4.78, 5) is 2.74. The zero-order chi connectivity index (χ0) is 12.7. The summed E-state index contributed by atoms with van der Waals surface area (Å²) in [6.07, 6.45) is 6.14. The second-order valence-electron chi connectivity index (χ2n) is 5.64. The van der Waals surface area contributed by atoms with Gasteiger partial charge in [-0.05, 0) is 43.7 Å². The SMILES string of the molecule is CCC1CN(CCCSC)C(CC(C)C)CN1. The third-order valence-electron chi connectivity index (χ3n) is 3.64. The maximum atomic E-state index is 3.70. The molecular weight excluding hydrogens is 228 g/mol. The van der Waals surface area contributed by atoms with Gasteiger partial charge in [0.15, 0.2) is 0 Å². The molecule has 1 aliphatic heterocycles. The van der Waals surface area contributed by atoms with Gasteiger partial charge in [-0.15, -0.1) is 0 Å². The highest BCUT2D eigenvalue weighted by molar-refractivity contribution is 7.98. The lowest BCUT2D eigenvalue weighted by Crippen LogP contribution is -2.56. The Morgan fingerprint density at radius 3 is 2.76 bits per heavy atom. The van der Waals surface area contributed by atoms with E-state index < -0.39 is 0 Å². The van der Waals surface area contributed by atoms with Crippen LogP contribution in [-0.2, 0) is 0 Å². The molecule has 2 atom stereocenters. The average Bonchev–Trinajstić information content (AvgIpc) is 2.30. The summed E-state index contributed by atoms with van der Waals surface area (Å²) in [5, 5.41) is 3.70. The second kappa shape index (κ2) is 8.39. The molecule has 1 heterocycles. The normalized spacial score (nSPS) is 26.6. The molecule has 0 saturated carbocycles. The van der Waals surface area contributed by atoms with E-state index in [1.54, 1.807) is 0 Å². The molecule has 1 N–H and O–H groups in total. The maximum absolute atomic E-state index is 3.70. The molecule has 2 nitrogen and oxygen atoms in total. The molecule has 0 spiro atoms. The summed E-state index contributed by atoms with van der Waals surface area (Å²) < 4.78 is 0. The first-order valence-corrected chi connectivity index (χ1v) is 8.53. The monoisotopic (exact) mass is 258 g/mol. The molecular formula is C14H30N2S. The smallest absolute Gasteiger partial charge is 0.0223 e. The van der Waals surface area contributed by atoms with Gasteiger partial charge in [0.05, 0.1) is 0 Å². The first-order chi connectivity index (χ1) is 8.17. The number of nitrogens with one attached hydrogen (secondary N) is 1. The molecule has 1 saturated heterocycles. The molecule has 0 bridgehead atoms. The van der Waals surface area contributed by atoms with Crippen molar-refractivity contribution in [3.63, 3.8) is 0 Å². The summed E-state index contributed by atoms with van der Waals surface area (Å²) in [6.45, 7) is 10.7. The minimum Gasteiger partial charge on any atom is -0.311 e. The number of hydrogen-bond acceptors (Lipinski definition) is 3. The van der Waals surface area contributed by atoms with Crippen LogP contribution < -0.4 is 5.32 Å². The molecule has 1 aliphatic rings. The van der Waals surface area contributed by atoms with E-state index in [1.807, 2.05) is 11.8 Å². The summed E-state index contributed by atoms with van der Waals surface area (Å²) in [7, 11) is 0. The van der Waals surface area contributed by atoms with Gasteiger partial charge in [-0.2, -0.15) is 11.8 Å². The van der Waals surface area contributed by atoms with Gasteiger partial charge in [-0.1, -0.05) is 20.8 Å². The minimum absolute atomic E-state index is 0.715. The van der Waals surface area contributed by atoms with E-state index in [0.717, 1.165) is 12.0 Å². The van der Waals surface area contributed by atoms with Crippen molar-refractivity contribution in [3.8, 4) is 0 Å². The fourth-order valence-electron chi connectivity index (χ4n) is 2.66. The van der Waals surface area contributed by atoms with Gasteiger partial charge in [-0.3, -0.25) is 4.90 Å². The molecule has 0 aromatic rings. The fraction of sp³-hybridized carbons (Fsp3) is 1.00. The number of piperazine rings is 1. The zero-order valence-electron chi connectivity index (χ0n) is 12.0. The third kappa shape index (κ3) is 5.62. The lowest BCUT2D eigenvalue weighted by Gasteiger charge is -2.41. The Balaban J connectivity index is 2.42.